The van der Waals surface area contributed by atoms with Crippen LogP contribution in [0.15, 0.2) is 36.1 Å². The van der Waals surface area contributed by atoms with Crippen molar-refractivity contribution in [2.75, 3.05) is 0 Å². The Kier molecular flexibility index (Phi) is 1.69. The van der Waals surface area contributed by atoms with Gasteiger partial charge in [0, 0.05) is 17.1 Å². The van der Waals surface area contributed by atoms with Crippen molar-refractivity contribution in [3.05, 3.63) is 47.2 Å². The van der Waals surface area contributed by atoms with Crippen LogP contribution in [-0.4, -0.2) is 10.9 Å². The summed E-state index contributed by atoms with van der Waals surface area (Å²) in [5.41, 5.74) is 2.21. The molecule has 2 heteroatoms. The molecular weight excluding hydrogens is 164 g/mol. The molecule has 1 N–H and O–H groups in total. The molecule has 0 aromatic heterocycles. The van der Waals surface area contributed by atoms with Gasteiger partial charge in [-0.05, 0) is 5.56 Å². The fourth-order valence-corrected chi connectivity index (χ4v) is 1.77. The number of carbonyl (C=O) groups excluding carboxylic acids is 1. The molecule has 2 rings (SSSR count). The number of ketones is 1. The predicted octanol–water partition coefficient (Wildman–Crippen LogP) is 2.43. The van der Waals surface area contributed by atoms with Gasteiger partial charge in [-0.1, -0.05) is 31.2 Å². The zero-order valence-corrected chi connectivity index (χ0v) is 7.32. The van der Waals surface area contributed by atoms with Crippen molar-refractivity contribution in [1.82, 2.24) is 0 Å². The van der Waals surface area contributed by atoms with Crippen LogP contribution in [0.4, 0.5) is 0 Å². The quantitative estimate of drug-likeness (QED) is 0.484. The maximum atomic E-state index is 11.6. The number of carbonyl (C=O) groups is 1. The second-order valence-electron chi connectivity index (χ2n) is 3.22. The van der Waals surface area contributed by atoms with E-state index < -0.39 is 0 Å². The second kappa shape index (κ2) is 2.73. The third-order valence-electron chi connectivity index (χ3n) is 2.54. The predicted molar refractivity (Wildman–Crippen MR) is 49.9 cm³/mol. The third kappa shape index (κ3) is 0.985. The summed E-state index contributed by atoms with van der Waals surface area (Å²) in [6, 6.07) is 7.46. The van der Waals surface area contributed by atoms with Crippen LogP contribution in [-0.2, 0) is 0 Å². The Morgan fingerprint density at radius 1 is 1.38 bits per heavy atom. The van der Waals surface area contributed by atoms with Gasteiger partial charge in [0.1, 0.15) is 0 Å². The molecule has 1 aliphatic carbocycles. The molecule has 0 heterocycles. The first kappa shape index (κ1) is 8.05. The Bertz CT molecular complexity index is 391. The van der Waals surface area contributed by atoms with E-state index in [1.807, 2.05) is 25.1 Å². The molecule has 0 aliphatic heterocycles. The van der Waals surface area contributed by atoms with Crippen LogP contribution in [0.1, 0.15) is 28.8 Å². The molecule has 1 aromatic carbocycles. The van der Waals surface area contributed by atoms with Crippen LogP contribution < -0.4 is 0 Å². The highest BCUT2D eigenvalue weighted by Crippen LogP contribution is 2.36. The molecule has 0 radical (unpaired) electrons. The van der Waals surface area contributed by atoms with Crippen molar-refractivity contribution >= 4 is 5.78 Å². The summed E-state index contributed by atoms with van der Waals surface area (Å²) >= 11 is 0. The summed E-state index contributed by atoms with van der Waals surface area (Å²) in [6.45, 7) is 1.92. The molecule has 0 saturated heterocycles. The van der Waals surface area contributed by atoms with Gasteiger partial charge in [0.2, 0.25) is 0 Å². The van der Waals surface area contributed by atoms with Crippen molar-refractivity contribution in [3.63, 3.8) is 0 Å². The van der Waals surface area contributed by atoms with Gasteiger partial charge < -0.3 is 5.11 Å². The van der Waals surface area contributed by atoms with Gasteiger partial charge in [0.25, 0.3) is 0 Å². The van der Waals surface area contributed by atoms with E-state index in [-0.39, 0.29) is 11.7 Å². The molecular formula is C11H10O2. The van der Waals surface area contributed by atoms with E-state index >= 15 is 0 Å². The lowest BCUT2D eigenvalue weighted by Crippen LogP contribution is -1.96. The molecule has 0 unspecified atom stereocenters. The molecule has 0 amide bonds. The van der Waals surface area contributed by atoms with E-state index in [0.717, 1.165) is 17.4 Å². The summed E-state index contributed by atoms with van der Waals surface area (Å²) in [5, 5.41) is 8.90. The number of aliphatic hydroxyl groups is 1. The van der Waals surface area contributed by atoms with Crippen molar-refractivity contribution in [3.8, 4) is 0 Å². The van der Waals surface area contributed by atoms with Gasteiger partial charge in [-0.3, -0.25) is 4.79 Å². The van der Waals surface area contributed by atoms with E-state index in [1.54, 1.807) is 6.07 Å². The molecule has 13 heavy (non-hydrogen) atoms. The summed E-state index contributed by atoms with van der Waals surface area (Å²) in [6.07, 6.45) is 0.924. The Hall–Kier alpha value is -1.57. The highest BCUT2D eigenvalue weighted by Gasteiger charge is 2.30. The molecule has 1 aliphatic rings. The number of aliphatic hydroxyl groups excluding tert-OH is 1. The molecule has 66 valence electrons. The van der Waals surface area contributed by atoms with Crippen LogP contribution in [0.5, 0.6) is 0 Å². The first-order valence-electron chi connectivity index (χ1n) is 4.23. The van der Waals surface area contributed by atoms with Crippen molar-refractivity contribution < 1.29 is 9.90 Å². The molecule has 0 fully saturated rings. The van der Waals surface area contributed by atoms with Gasteiger partial charge >= 0.3 is 0 Å². The van der Waals surface area contributed by atoms with Crippen LogP contribution in [0.3, 0.4) is 0 Å². The first-order chi connectivity index (χ1) is 6.25. The van der Waals surface area contributed by atoms with Crippen LogP contribution in [0, 0.1) is 0 Å². The van der Waals surface area contributed by atoms with E-state index in [0.29, 0.717) is 5.57 Å². The lowest BCUT2D eigenvalue weighted by atomic mass is 10.0. The smallest absolute Gasteiger partial charge is 0.192 e. The molecule has 0 bridgehead atoms. The maximum Gasteiger partial charge on any atom is 0.192 e. The molecule has 1 atom stereocenters. The lowest BCUT2D eigenvalue weighted by molar-refractivity contribution is 0.103. The van der Waals surface area contributed by atoms with Crippen LogP contribution in [0.25, 0.3) is 0 Å². The fourth-order valence-electron chi connectivity index (χ4n) is 1.77. The van der Waals surface area contributed by atoms with Crippen molar-refractivity contribution in [1.29, 1.82) is 0 Å². The minimum Gasteiger partial charge on any atom is -0.515 e. The molecule has 1 aromatic rings. The van der Waals surface area contributed by atoms with E-state index in [1.165, 1.54) is 0 Å². The summed E-state index contributed by atoms with van der Waals surface area (Å²) in [7, 11) is 0. The normalized spacial score (nSPS) is 23.6. The van der Waals surface area contributed by atoms with Crippen molar-refractivity contribution in [2.45, 2.75) is 12.8 Å². The maximum absolute atomic E-state index is 11.6. The van der Waals surface area contributed by atoms with E-state index in [9.17, 15) is 4.79 Å². The highest BCUT2D eigenvalue weighted by atomic mass is 16.2. The van der Waals surface area contributed by atoms with Crippen LogP contribution >= 0.6 is 0 Å². The standard InChI is InChI=1S/C11H10O2/c1-7-8-4-2-3-5-9(8)11(13)10(7)6-12/h2-7,12H,1H3/b10-6-/t7-/m1/s1. The summed E-state index contributed by atoms with van der Waals surface area (Å²) in [4.78, 5) is 11.6. The van der Waals surface area contributed by atoms with Crippen molar-refractivity contribution in [2.24, 2.45) is 0 Å². The zero-order valence-electron chi connectivity index (χ0n) is 7.32. The molecule has 0 spiro atoms. The number of hydrogen-bond donors (Lipinski definition) is 1. The van der Waals surface area contributed by atoms with Gasteiger partial charge in [-0.2, -0.15) is 0 Å². The first-order valence-corrected chi connectivity index (χ1v) is 4.23. The second-order valence-corrected chi connectivity index (χ2v) is 3.22. The fraction of sp³-hybridized carbons (Fsp3) is 0.182. The van der Waals surface area contributed by atoms with E-state index in [2.05, 4.69) is 0 Å². The number of hydrogen-bond acceptors (Lipinski definition) is 2. The summed E-state index contributed by atoms with van der Waals surface area (Å²) in [5.74, 6) is -0.0284. The Balaban J connectivity index is 2.64. The largest absolute Gasteiger partial charge is 0.515 e. The number of benzene rings is 1. The van der Waals surface area contributed by atoms with Gasteiger partial charge in [-0.25, -0.2) is 0 Å². The minimum atomic E-state index is -0.0504. The number of rotatable bonds is 0. The lowest BCUT2D eigenvalue weighted by Gasteiger charge is -2.02. The average Bonchev–Trinajstić information content (AvgIpc) is 2.41. The monoisotopic (exact) mass is 174 g/mol. The van der Waals surface area contributed by atoms with Gasteiger partial charge in [0.15, 0.2) is 5.78 Å². The van der Waals surface area contributed by atoms with Gasteiger partial charge in [0.05, 0.1) is 6.26 Å². The average molecular weight is 174 g/mol. The molecule has 2 nitrogen and oxygen atoms in total. The Morgan fingerprint density at radius 2 is 2.08 bits per heavy atom. The summed E-state index contributed by atoms with van der Waals surface area (Å²) < 4.78 is 0. The van der Waals surface area contributed by atoms with Gasteiger partial charge in [-0.15, -0.1) is 0 Å². The Morgan fingerprint density at radius 3 is 2.69 bits per heavy atom. The van der Waals surface area contributed by atoms with Crippen LogP contribution in [0.2, 0.25) is 0 Å². The number of Topliss-reactive ketones (excluding diaryl/α,β-unsaturated/α-hetero) is 1. The number of fused-ring (bicyclic) bond motifs is 1. The Labute approximate surface area is 76.5 Å². The topological polar surface area (TPSA) is 37.3 Å². The highest BCUT2D eigenvalue weighted by molar-refractivity contribution is 6.14. The SMILES string of the molecule is C[C@H]1/C(=C/O)C(=O)c2ccccc21. The number of allylic oxidation sites excluding steroid dienone is 1. The minimum absolute atomic E-state index is 0.0219. The van der Waals surface area contributed by atoms with E-state index in [4.69, 9.17) is 5.11 Å². The zero-order chi connectivity index (χ0) is 9.42. The third-order valence-corrected chi connectivity index (χ3v) is 2.54. The molecule has 0 saturated carbocycles.